The molecule has 30 heavy (non-hydrogen) atoms. The Morgan fingerprint density at radius 2 is 1.73 bits per heavy atom. The van der Waals surface area contributed by atoms with E-state index in [0.29, 0.717) is 25.8 Å². The lowest BCUT2D eigenvalue weighted by Crippen LogP contribution is -2.48. The van der Waals surface area contributed by atoms with Gasteiger partial charge in [0.1, 0.15) is 11.6 Å². The lowest BCUT2D eigenvalue weighted by Gasteiger charge is -2.32. The molecule has 1 aliphatic heterocycles. The Balaban J connectivity index is 2.18. The fourth-order valence-electron chi connectivity index (χ4n) is 3.10. The van der Waals surface area contributed by atoms with Crippen molar-refractivity contribution in [1.82, 2.24) is 9.96 Å². The first-order chi connectivity index (χ1) is 13.9. The Morgan fingerprint density at radius 3 is 2.30 bits per heavy atom. The molecule has 1 aliphatic rings. The predicted octanol–water partition coefficient (Wildman–Crippen LogP) is 4.31. The van der Waals surface area contributed by atoms with Crippen LogP contribution in [-0.2, 0) is 25.7 Å². The molecule has 0 aromatic heterocycles. The fourth-order valence-corrected chi connectivity index (χ4v) is 3.10. The zero-order valence-corrected chi connectivity index (χ0v) is 18.9. The van der Waals surface area contributed by atoms with Crippen LogP contribution in [0.3, 0.4) is 0 Å². The summed E-state index contributed by atoms with van der Waals surface area (Å²) in [4.78, 5) is 45.6. The van der Waals surface area contributed by atoms with E-state index < -0.39 is 29.1 Å². The standard InChI is InChI=1S/C23H34N2O5/c1-7-23(5,6)20(27)25(16-17-12-9-8-10-13-17)30-19(26)18-14-11-15-24(18)21(28)29-22(2,3)4/h8-10,12-13,18H,7,11,14-16H2,1-6H3. The first-order valence-electron chi connectivity index (χ1n) is 10.5. The minimum absolute atomic E-state index is 0.147. The molecule has 0 saturated carbocycles. The number of hydroxylamine groups is 2. The highest BCUT2D eigenvalue weighted by molar-refractivity contribution is 5.85. The van der Waals surface area contributed by atoms with Gasteiger partial charge in [-0.2, -0.15) is 5.06 Å². The Kier molecular flexibility index (Phi) is 7.50. The molecule has 1 aromatic rings. The highest BCUT2D eigenvalue weighted by atomic mass is 16.7. The summed E-state index contributed by atoms with van der Waals surface area (Å²) in [7, 11) is 0. The van der Waals surface area contributed by atoms with Gasteiger partial charge >= 0.3 is 12.1 Å². The van der Waals surface area contributed by atoms with Crippen molar-refractivity contribution in [2.75, 3.05) is 6.54 Å². The number of hydrogen-bond donors (Lipinski definition) is 0. The van der Waals surface area contributed by atoms with Crippen molar-refractivity contribution < 1.29 is 24.0 Å². The lowest BCUT2D eigenvalue weighted by molar-refractivity contribution is -0.209. The second-order valence-corrected chi connectivity index (χ2v) is 9.31. The van der Waals surface area contributed by atoms with Gasteiger partial charge in [-0.25, -0.2) is 9.59 Å². The summed E-state index contributed by atoms with van der Waals surface area (Å²) in [6.07, 6.45) is 1.20. The van der Waals surface area contributed by atoms with Crippen LogP contribution >= 0.6 is 0 Å². The Labute approximate surface area is 179 Å². The summed E-state index contributed by atoms with van der Waals surface area (Å²) >= 11 is 0. The van der Waals surface area contributed by atoms with Gasteiger partial charge in [-0.05, 0) is 45.6 Å². The molecule has 1 unspecified atom stereocenters. The monoisotopic (exact) mass is 418 g/mol. The van der Waals surface area contributed by atoms with E-state index in [4.69, 9.17) is 9.57 Å². The van der Waals surface area contributed by atoms with Crippen molar-refractivity contribution in [3.63, 3.8) is 0 Å². The second-order valence-electron chi connectivity index (χ2n) is 9.31. The van der Waals surface area contributed by atoms with Crippen molar-refractivity contribution in [3.8, 4) is 0 Å². The molecule has 0 aliphatic carbocycles. The van der Waals surface area contributed by atoms with Gasteiger partial charge in [0.25, 0.3) is 5.91 Å². The molecular formula is C23H34N2O5. The maximum Gasteiger partial charge on any atom is 0.411 e. The van der Waals surface area contributed by atoms with Gasteiger partial charge in [-0.1, -0.05) is 51.1 Å². The lowest BCUT2D eigenvalue weighted by atomic mass is 9.89. The Bertz CT molecular complexity index is 755. The molecule has 1 aromatic carbocycles. The number of rotatable bonds is 5. The van der Waals surface area contributed by atoms with Gasteiger partial charge in [0, 0.05) is 12.0 Å². The van der Waals surface area contributed by atoms with Crippen LogP contribution < -0.4 is 0 Å². The highest BCUT2D eigenvalue weighted by Crippen LogP contribution is 2.26. The van der Waals surface area contributed by atoms with Crippen molar-refractivity contribution in [1.29, 1.82) is 0 Å². The third kappa shape index (κ3) is 6.21. The van der Waals surface area contributed by atoms with Gasteiger partial charge in [-0.15, -0.1) is 0 Å². The number of likely N-dealkylation sites (tertiary alicyclic amines) is 1. The predicted molar refractivity (Wildman–Crippen MR) is 113 cm³/mol. The summed E-state index contributed by atoms with van der Waals surface area (Å²) in [5, 5.41) is 1.13. The van der Waals surface area contributed by atoms with Crippen molar-refractivity contribution in [3.05, 3.63) is 35.9 Å². The highest BCUT2D eigenvalue weighted by Gasteiger charge is 2.40. The molecule has 1 saturated heterocycles. The number of ether oxygens (including phenoxy) is 1. The van der Waals surface area contributed by atoms with Crippen LogP contribution in [0.25, 0.3) is 0 Å². The molecule has 0 spiro atoms. The molecule has 1 fully saturated rings. The first-order valence-corrected chi connectivity index (χ1v) is 10.5. The van der Waals surface area contributed by atoms with E-state index >= 15 is 0 Å². The zero-order chi connectivity index (χ0) is 22.5. The largest absolute Gasteiger partial charge is 0.444 e. The summed E-state index contributed by atoms with van der Waals surface area (Å²) in [5.74, 6) is -0.890. The average Bonchev–Trinajstić information content (AvgIpc) is 3.16. The van der Waals surface area contributed by atoms with E-state index in [1.165, 1.54) is 4.90 Å². The van der Waals surface area contributed by atoms with Gasteiger partial charge in [-0.3, -0.25) is 9.69 Å². The summed E-state index contributed by atoms with van der Waals surface area (Å²) in [6, 6.07) is 8.59. The smallest absolute Gasteiger partial charge is 0.411 e. The van der Waals surface area contributed by atoms with Crippen LogP contribution in [0.4, 0.5) is 4.79 Å². The van der Waals surface area contributed by atoms with Crippen molar-refractivity contribution in [2.45, 2.75) is 79.0 Å². The number of carbonyl (C=O) groups excluding carboxylic acids is 3. The first kappa shape index (κ1) is 23.7. The summed E-state index contributed by atoms with van der Waals surface area (Å²) in [5.41, 5.74) is -0.495. The quantitative estimate of drug-likeness (QED) is 0.666. The molecular weight excluding hydrogens is 384 g/mol. The van der Waals surface area contributed by atoms with Crippen molar-refractivity contribution in [2.24, 2.45) is 5.41 Å². The Hall–Kier alpha value is -2.57. The molecule has 2 rings (SSSR count). The molecule has 0 bridgehead atoms. The van der Waals surface area contributed by atoms with E-state index in [1.54, 1.807) is 20.8 Å². The fraction of sp³-hybridized carbons (Fsp3) is 0.609. The van der Waals surface area contributed by atoms with Crippen molar-refractivity contribution >= 4 is 18.0 Å². The molecule has 7 heteroatoms. The van der Waals surface area contributed by atoms with E-state index in [9.17, 15) is 14.4 Å². The maximum absolute atomic E-state index is 13.1. The van der Waals surface area contributed by atoms with E-state index in [2.05, 4.69) is 0 Å². The molecule has 1 heterocycles. The molecule has 7 nitrogen and oxygen atoms in total. The van der Waals surface area contributed by atoms with Crippen LogP contribution in [-0.4, -0.2) is 46.1 Å². The molecule has 0 N–H and O–H groups in total. The molecule has 1 atom stereocenters. The third-order valence-electron chi connectivity index (χ3n) is 5.21. The topological polar surface area (TPSA) is 76.2 Å². The van der Waals surface area contributed by atoms with Gasteiger partial charge in [0.15, 0.2) is 0 Å². The van der Waals surface area contributed by atoms with Crippen LogP contribution in [0.15, 0.2) is 30.3 Å². The van der Waals surface area contributed by atoms with Gasteiger partial charge in [0.05, 0.1) is 6.54 Å². The summed E-state index contributed by atoms with van der Waals surface area (Å²) < 4.78 is 5.42. The maximum atomic E-state index is 13.1. The van der Waals surface area contributed by atoms with Crippen LogP contribution in [0.2, 0.25) is 0 Å². The second kappa shape index (κ2) is 9.49. The van der Waals surface area contributed by atoms with E-state index in [-0.39, 0.29) is 12.5 Å². The average molecular weight is 419 g/mol. The number of nitrogens with zero attached hydrogens (tertiary/aromatic N) is 2. The SMILES string of the molecule is CCC(C)(C)C(=O)N(Cc1ccccc1)OC(=O)C1CCCN1C(=O)OC(C)(C)C. The molecule has 166 valence electrons. The zero-order valence-electron chi connectivity index (χ0n) is 18.9. The number of carbonyl (C=O) groups is 3. The van der Waals surface area contributed by atoms with E-state index in [1.807, 2.05) is 51.1 Å². The summed E-state index contributed by atoms with van der Waals surface area (Å²) in [6.45, 7) is 11.5. The molecule has 0 radical (unpaired) electrons. The van der Waals surface area contributed by atoms with E-state index in [0.717, 1.165) is 10.6 Å². The molecule has 2 amide bonds. The van der Waals surface area contributed by atoms with Gasteiger partial charge in [0.2, 0.25) is 0 Å². The van der Waals surface area contributed by atoms with Crippen LogP contribution in [0, 0.1) is 5.41 Å². The number of amides is 2. The Morgan fingerprint density at radius 1 is 1.10 bits per heavy atom. The number of benzene rings is 1. The van der Waals surface area contributed by atoms with Crippen LogP contribution in [0.5, 0.6) is 0 Å². The van der Waals surface area contributed by atoms with Gasteiger partial charge < -0.3 is 9.57 Å². The third-order valence-corrected chi connectivity index (χ3v) is 5.21. The normalized spacial score (nSPS) is 16.9. The number of hydrogen-bond acceptors (Lipinski definition) is 5. The minimum Gasteiger partial charge on any atom is -0.444 e. The van der Waals surface area contributed by atoms with Crippen LogP contribution in [0.1, 0.15) is 66.4 Å². The minimum atomic E-state index is -0.768.